The lowest BCUT2D eigenvalue weighted by molar-refractivity contribution is -0.190. The van der Waals surface area contributed by atoms with Crippen LogP contribution >= 0.6 is 0 Å². The Morgan fingerprint density at radius 3 is 2.48 bits per heavy atom. The second-order valence-corrected chi connectivity index (χ2v) is 12.0. The Morgan fingerprint density at radius 1 is 1.10 bits per heavy atom. The summed E-state index contributed by atoms with van der Waals surface area (Å²) in [6.07, 6.45) is 0.586. The number of amides is 1. The van der Waals surface area contributed by atoms with Gasteiger partial charge in [-0.1, -0.05) is 18.1 Å². The molecule has 0 radical (unpaired) electrons. The molecule has 0 spiro atoms. The van der Waals surface area contributed by atoms with Gasteiger partial charge in [-0.05, 0) is 92.9 Å². The van der Waals surface area contributed by atoms with Gasteiger partial charge in [-0.15, -0.1) is 0 Å². The van der Waals surface area contributed by atoms with Gasteiger partial charge in [-0.25, -0.2) is 0 Å². The zero-order valence-corrected chi connectivity index (χ0v) is 24.3. The fraction of sp³-hybridized carbons (Fsp3) is 0.515. The van der Waals surface area contributed by atoms with E-state index in [-0.39, 0.29) is 12.0 Å². The van der Waals surface area contributed by atoms with Crippen molar-refractivity contribution >= 4 is 11.9 Å². The molecule has 1 amide bonds. The number of fused-ring (bicyclic) bond motifs is 1. The van der Waals surface area contributed by atoms with Gasteiger partial charge in [-0.3, -0.25) is 14.5 Å². The standard InChI is InChI=1S/C33H37F3N2O4/c1-23(39)42-32-16-15-28(37(2)30(40)14-11-24-9-12-26(13-10-24)33(34,35)36)20-31(32,27-5-4-6-29(19-27)41-3)17-18-38(22-32)21-25-7-8-25/h4-6,9-10,12-13,19,25,28H,7-8,15-18,20-22H2,1-3H3/t28-,31+,32+/m1/s1. The number of likely N-dealkylation sites (tertiary alicyclic amines) is 1. The minimum absolute atomic E-state index is 0.177. The van der Waals surface area contributed by atoms with Gasteiger partial charge < -0.3 is 14.4 Å². The molecule has 2 aromatic carbocycles. The molecule has 2 aliphatic carbocycles. The fourth-order valence-corrected chi connectivity index (χ4v) is 6.86. The van der Waals surface area contributed by atoms with Gasteiger partial charge >= 0.3 is 12.1 Å². The highest BCUT2D eigenvalue weighted by Gasteiger charge is 2.61. The van der Waals surface area contributed by atoms with Crippen LogP contribution in [0.4, 0.5) is 13.2 Å². The van der Waals surface area contributed by atoms with Crippen LogP contribution in [0.1, 0.15) is 62.1 Å². The third-order valence-corrected chi connectivity index (χ3v) is 9.24. The number of hydrogen-bond acceptors (Lipinski definition) is 5. The topological polar surface area (TPSA) is 59.1 Å². The number of benzene rings is 2. The zero-order chi connectivity index (χ0) is 30.1. The minimum atomic E-state index is -4.43. The molecule has 2 aromatic rings. The Bertz CT molecular complexity index is 1380. The summed E-state index contributed by atoms with van der Waals surface area (Å²) < 4.78 is 50.6. The Kier molecular flexibility index (Phi) is 8.30. The summed E-state index contributed by atoms with van der Waals surface area (Å²) >= 11 is 0. The molecule has 0 bridgehead atoms. The van der Waals surface area contributed by atoms with Crippen LogP contribution in [-0.2, 0) is 25.9 Å². The van der Waals surface area contributed by atoms with Gasteiger partial charge in [0.1, 0.15) is 11.4 Å². The van der Waals surface area contributed by atoms with Crippen LogP contribution in [0.2, 0.25) is 0 Å². The third kappa shape index (κ3) is 6.14. The second kappa shape index (κ2) is 11.6. The summed E-state index contributed by atoms with van der Waals surface area (Å²) in [6, 6.07) is 12.2. The molecular formula is C33H37F3N2O4. The molecule has 5 rings (SSSR count). The van der Waals surface area contributed by atoms with E-state index >= 15 is 0 Å². The summed E-state index contributed by atoms with van der Waals surface area (Å²) in [5.74, 6) is 6.02. The molecule has 1 saturated heterocycles. The molecule has 2 saturated carbocycles. The maximum absolute atomic E-state index is 13.2. The van der Waals surface area contributed by atoms with E-state index < -0.39 is 28.7 Å². The predicted molar refractivity (Wildman–Crippen MR) is 152 cm³/mol. The van der Waals surface area contributed by atoms with Gasteiger partial charge in [0.15, 0.2) is 0 Å². The Hall–Kier alpha value is -3.51. The van der Waals surface area contributed by atoms with Gasteiger partial charge in [0, 0.05) is 50.0 Å². The maximum atomic E-state index is 13.2. The molecule has 0 unspecified atom stereocenters. The van der Waals surface area contributed by atoms with Crippen molar-refractivity contribution in [3.63, 3.8) is 0 Å². The normalized spacial score (nSPS) is 25.9. The summed E-state index contributed by atoms with van der Waals surface area (Å²) in [7, 11) is 3.34. The van der Waals surface area contributed by atoms with Crippen molar-refractivity contribution in [1.29, 1.82) is 0 Å². The lowest BCUT2D eigenvalue weighted by Gasteiger charge is -2.60. The molecule has 0 N–H and O–H groups in total. The molecule has 224 valence electrons. The van der Waals surface area contributed by atoms with E-state index in [1.54, 1.807) is 19.1 Å². The second-order valence-electron chi connectivity index (χ2n) is 12.0. The van der Waals surface area contributed by atoms with E-state index in [1.165, 1.54) is 31.9 Å². The number of hydrogen-bond donors (Lipinski definition) is 0. The number of carbonyl (C=O) groups excluding carboxylic acids is 2. The Balaban J connectivity index is 1.43. The number of rotatable bonds is 6. The van der Waals surface area contributed by atoms with Crippen molar-refractivity contribution in [3.8, 4) is 17.6 Å². The smallest absolute Gasteiger partial charge is 0.416 e. The van der Waals surface area contributed by atoms with E-state index in [9.17, 15) is 22.8 Å². The number of carbonyl (C=O) groups is 2. The molecule has 3 fully saturated rings. The number of alkyl halides is 3. The lowest BCUT2D eigenvalue weighted by Crippen LogP contribution is -2.68. The largest absolute Gasteiger partial charge is 0.497 e. The summed E-state index contributed by atoms with van der Waals surface area (Å²) in [4.78, 5) is 29.9. The summed E-state index contributed by atoms with van der Waals surface area (Å²) in [5, 5.41) is 0. The van der Waals surface area contributed by atoms with Crippen LogP contribution in [0.25, 0.3) is 0 Å². The van der Waals surface area contributed by atoms with Crippen LogP contribution in [0.5, 0.6) is 5.75 Å². The molecule has 3 aliphatic rings. The molecule has 1 heterocycles. The quantitative estimate of drug-likeness (QED) is 0.336. The van der Waals surface area contributed by atoms with Crippen molar-refractivity contribution in [2.45, 2.75) is 68.7 Å². The highest BCUT2D eigenvalue weighted by Crippen LogP contribution is 2.55. The van der Waals surface area contributed by atoms with Gasteiger partial charge in [-0.2, -0.15) is 13.2 Å². The van der Waals surface area contributed by atoms with Crippen molar-refractivity contribution in [2.75, 3.05) is 33.8 Å². The fourth-order valence-electron chi connectivity index (χ4n) is 6.86. The highest BCUT2D eigenvalue weighted by molar-refractivity contribution is 5.94. The number of nitrogens with zero attached hydrogens (tertiary/aromatic N) is 2. The Morgan fingerprint density at radius 2 is 1.83 bits per heavy atom. The summed E-state index contributed by atoms with van der Waals surface area (Å²) in [5.41, 5.74) is -0.717. The molecule has 9 heteroatoms. The molecule has 1 aliphatic heterocycles. The van der Waals surface area contributed by atoms with E-state index in [1.807, 2.05) is 18.2 Å². The highest BCUT2D eigenvalue weighted by atomic mass is 19.4. The monoisotopic (exact) mass is 582 g/mol. The number of piperidine rings is 1. The van der Waals surface area contributed by atoms with E-state index in [2.05, 4.69) is 22.8 Å². The molecule has 3 atom stereocenters. The number of halogens is 3. The van der Waals surface area contributed by atoms with Crippen molar-refractivity contribution in [2.24, 2.45) is 5.92 Å². The van der Waals surface area contributed by atoms with Gasteiger partial charge in [0.05, 0.1) is 12.7 Å². The molecule has 6 nitrogen and oxygen atoms in total. The van der Waals surface area contributed by atoms with Gasteiger partial charge in [0.2, 0.25) is 0 Å². The van der Waals surface area contributed by atoms with Crippen LogP contribution in [-0.4, -0.2) is 67.1 Å². The number of ether oxygens (including phenoxy) is 2. The predicted octanol–water partition coefficient (Wildman–Crippen LogP) is 5.43. The average Bonchev–Trinajstić information content (AvgIpc) is 3.78. The van der Waals surface area contributed by atoms with Crippen molar-refractivity contribution in [3.05, 3.63) is 65.2 Å². The first kappa shape index (κ1) is 30.0. The average molecular weight is 583 g/mol. The first-order chi connectivity index (χ1) is 19.9. The van der Waals surface area contributed by atoms with E-state index in [0.29, 0.717) is 43.0 Å². The van der Waals surface area contributed by atoms with Crippen LogP contribution < -0.4 is 4.74 Å². The molecular weight excluding hydrogens is 545 g/mol. The lowest BCUT2D eigenvalue weighted by atomic mass is 9.55. The number of methoxy groups -OCH3 is 1. The van der Waals surface area contributed by atoms with Gasteiger partial charge in [0.25, 0.3) is 5.91 Å². The minimum Gasteiger partial charge on any atom is -0.497 e. The maximum Gasteiger partial charge on any atom is 0.416 e. The number of esters is 1. The SMILES string of the molecule is COc1cccc([C@@]23CCN(CC4CC4)C[C@@]2(OC(C)=O)CC[C@@H](N(C)C(=O)C#Cc2ccc(C(F)(F)F)cc2)C3)c1. The van der Waals surface area contributed by atoms with Crippen LogP contribution in [0.3, 0.4) is 0 Å². The van der Waals surface area contributed by atoms with E-state index in [4.69, 9.17) is 9.47 Å². The van der Waals surface area contributed by atoms with Crippen LogP contribution in [0.15, 0.2) is 48.5 Å². The van der Waals surface area contributed by atoms with Crippen molar-refractivity contribution in [1.82, 2.24) is 9.80 Å². The molecule has 42 heavy (non-hydrogen) atoms. The first-order valence-electron chi connectivity index (χ1n) is 14.5. The molecule has 0 aromatic heterocycles. The Labute approximate surface area is 245 Å². The van der Waals surface area contributed by atoms with E-state index in [0.717, 1.165) is 37.2 Å². The third-order valence-electron chi connectivity index (χ3n) is 9.24. The first-order valence-corrected chi connectivity index (χ1v) is 14.5. The summed E-state index contributed by atoms with van der Waals surface area (Å²) in [6.45, 7) is 3.95. The van der Waals surface area contributed by atoms with Crippen molar-refractivity contribution < 1.29 is 32.2 Å². The zero-order valence-electron chi connectivity index (χ0n) is 24.3. The van der Waals surface area contributed by atoms with Crippen LogP contribution in [0, 0.1) is 17.8 Å².